The fourth-order valence-electron chi connectivity index (χ4n) is 2.04. The molecule has 0 saturated carbocycles. The average molecular weight is 320 g/mol. The smallest absolute Gasteiger partial charge is 0.118 e. The highest BCUT2D eigenvalue weighted by Crippen LogP contribution is 2.25. The van der Waals surface area contributed by atoms with E-state index in [1.807, 2.05) is 24.3 Å². The monoisotopic (exact) mass is 319 g/mol. The van der Waals surface area contributed by atoms with E-state index in [1.54, 1.807) is 7.11 Å². The van der Waals surface area contributed by atoms with Crippen molar-refractivity contribution in [1.29, 1.82) is 0 Å². The minimum Gasteiger partial charge on any atom is -0.497 e. The first-order valence-electron chi connectivity index (χ1n) is 6.39. The topological polar surface area (TPSA) is 21.3 Å². The Morgan fingerprint density at radius 3 is 2.47 bits per heavy atom. The van der Waals surface area contributed by atoms with Crippen molar-refractivity contribution in [2.45, 2.75) is 19.4 Å². The lowest BCUT2D eigenvalue weighted by molar-refractivity contribution is 0.414. The number of rotatable bonds is 5. The molecular weight excluding hydrogens is 302 g/mol. The van der Waals surface area contributed by atoms with E-state index >= 15 is 0 Å². The van der Waals surface area contributed by atoms with Crippen molar-refractivity contribution in [2.75, 3.05) is 12.4 Å². The van der Waals surface area contributed by atoms with Crippen LogP contribution in [0.3, 0.4) is 0 Å². The zero-order valence-electron chi connectivity index (χ0n) is 11.2. The Balaban J connectivity index is 2.15. The van der Waals surface area contributed by atoms with Crippen molar-refractivity contribution < 1.29 is 4.74 Å². The molecule has 0 amide bonds. The summed E-state index contributed by atoms with van der Waals surface area (Å²) in [7, 11) is 1.69. The number of ether oxygens (including phenoxy) is 1. The second-order valence-electron chi connectivity index (χ2n) is 4.39. The van der Waals surface area contributed by atoms with Crippen molar-refractivity contribution >= 4 is 21.6 Å². The van der Waals surface area contributed by atoms with Crippen LogP contribution in [-0.2, 0) is 0 Å². The maximum atomic E-state index is 5.19. The largest absolute Gasteiger partial charge is 0.497 e. The Labute approximate surface area is 122 Å². The molecule has 19 heavy (non-hydrogen) atoms. The van der Waals surface area contributed by atoms with Gasteiger partial charge in [-0.05, 0) is 42.3 Å². The lowest BCUT2D eigenvalue weighted by atomic mass is 10.0. The highest BCUT2D eigenvalue weighted by atomic mass is 79.9. The zero-order valence-corrected chi connectivity index (χ0v) is 12.8. The Kier molecular flexibility index (Phi) is 4.86. The van der Waals surface area contributed by atoms with Gasteiger partial charge in [-0.25, -0.2) is 0 Å². The number of methoxy groups -OCH3 is 1. The number of anilines is 1. The van der Waals surface area contributed by atoms with E-state index in [4.69, 9.17) is 4.74 Å². The number of nitrogens with one attached hydrogen (secondary N) is 1. The summed E-state index contributed by atoms with van der Waals surface area (Å²) < 4.78 is 6.28. The Morgan fingerprint density at radius 2 is 1.89 bits per heavy atom. The molecule has 0 saturated heterocycles. The molecule has 0 aliphatic heterocycles. The number of hydrogen-bond donors (Lipinski definition) is 1. The summed E-state index contributed by atoms with van der Waals surface area (Å²) in [5.41, 5.74) is 2.39. The first-order valence-corrected chi connectivity index (χ1v) is 7.18. The molecule has 3 heteroatoms. The molecular formula is C16H18BrNO. The van der Waals surface area contributed by atoms with E-state index in [0.717, 1.165) is 22.3 Å². The number of benzene rings is 2. The molecule has 0 aliphatic carbocycles. The first kappa shape index (κ1) is 13.9. The van der Waals surface area contributed by atoms with Crippen molar-refractivity contribution in [3.8, 4) is 5.75 Å². The predicted molar refractivity (Wildman–Crippen MR) is 83.8 cm³/mol. The Morgan fingerprint density at radius 1 is 1.16 bits per heavy atom. The van der Waals surface area contributed by atoms with Crippen LogP contribution in [0.15, 0.2) is 53.0 Å². The van der Waals surface area contributed by atoms with Crippen LogP contribution in [0.4, 0.5) is 5.69 Å². The molecule has 2 aromatic rings. The summed E-state index contributed by atoms with van der Waals surface area (Å²) in [6.07, 6.45) is 1.03. The molecule has 0 heterocycles. The second kappa shape index (κ2) is 6.62. The summed E-state index contributed by atoms with van der Waals surface area (Å²) >= 11 is 3.49. The van der Waals surface area contributed by atoms with E-state index in [0.29, 0.717) is 6.04 Å². The van der Waals surface area contributed by atoms with E-state index in [9.17, 15) is 0 Å². The highest BCUT2D eigenvalue weighted by molar-refractivity contribution is 9.10. The van der Waals surface area contributed by atoms with Gasteiger partial charge in [0, 0.05) is 10.2 Å². The normalized spacial score (nSPS) is 11.9. The van der Waals surface area contributed by atoms with Crippen molar-refractivity contribution in [3.63, 3.8) is 0 Å². The highest BCUT2D eigenvalue weighted by Gasteiger charge is 2.09. The van der Waals surface area contributed by atoms with Gasteiger partial charge in [-0.15, -0.1) is 0 Å². The summed E-state index contributed by atoms with van der Waals surface area (Å²) in [6, 6.07) is 16.8. The first-order chi connectivity index (χ1) is 9.22. The fraction of sp³-hybridized carbons (Fsp3) is 0.250. The van der Waals surface area contributed by atoms with Crippen LogP contribution in [0.25, 0.3) is 0 Å². The SMILES string of the molecule is CCC(Nc1cccc(Br)c1)c1ccc(OC)cc1. The minimum atomic E-state index is 0.306. The van der Waals surface area contributed by atoms with E-state index in [1.165, 1.54) is 5.56 Å². The molecule has 1 unspecified atom stereocenters. The van der Waals surface area contributed by atoms with Gasteiger partial charge in [0.2, 0.25) is 0 Å². The Hall–Kier alpha value is -1.48. The average Bonchev–Trinajstić information content (AvgIpc) is 2.45. The van der Waals surface area contributed by atoms with Gasteiger partial charge in [0.15, 0.2) is 0 Å². The zero-order chi connectivity index (χ0) is 13.7. The molecule has 100 valence electrons. The summed E-state index contributed by atoms with van der Waals surface area (Å²) in [6.45, 7) is 2.18. The second-order valence-corrected chi connectivity index (χ2v) is 5.30. The van der Waals surface area contributed by atoms with Gasteiger partial charge in [-0.1, -0.05) is 41.1 Å². The minimum absolute atomic E-state index is 0.306. The van der Waals surface area contributed by atoms with Crippen LogP contribution in [-0.4, -0.2) is 7.11 Å². The van der Waals surface area contributed by atoms with Crippen LogP contribution >= 0.6 is 15.9 Å². The van der Waals surface area contributed by atoms with Gasteiger partial charge < -0.3 is 10.1 Å². The van der Waals surface area contributed by atoms with Gasteiger partial charge in [-0.2, -0.15) is 0 Å². The molecule has 0 aromatic heterocycles. The van der Waals surface area contributed by atoms with Crippen LogP contribution < -0.4 is 10.1 Å². The van der Waals surface area contributed by atoms with E-state index in [2.05, 4.69) is 52.4 Å². The summed E-state index contributed by atoms with van der Waals surface area (Å²) in [5.74, 6) is 0.890. The van der Waals surface area contributed by atoms with Crippen LogP contribution in [0, 0.1) is 0 Å². The van der Waals surface area contributed by atoms with Crippen molar-refractivity contribution in [2.24, 2.45) is 0 Å². The number of hydrogen-bond acceptors (Lipinski definition) is 2. The molecule has 1 atom stereocenters. The maximum Gasteiger partial charge on any atom is 0.118 e. The van der Waals surface area contributed by atoms with Crippen molar-refractivity contribution in [3.05, 3.63) is 58.6 Å². The third kappa shape index (κ3) is 3.74. The molecule has 0 fully saturated rings. The predicted octanol–water partition coefficient (Wildman–Crippen LogP) is 5.02. The van der Waals surface area contributed by atoms with Gasteiger partial charge in [-0.3, -0.25) is 0 Å². The Bertz CT molecular complexity index is 525. The fourth-order valence-corrected chi connectivity index (χ4v) is 2.44. The van der Waals surface area contributed by atoms with Crippen LogP contribution in [0.2, 0.25) is 0 Å². The van der Waals surface area contributed by atoms with Crippen LogP contribution in [0.1, 0.15) is 24.9 Å². The van der Waals surface area contributed by atoms with E-state index < -0.39 is 0 Å². The quantitative estimate of drug-likeness (QED) is 0.835. The summed E-state index contributed by atoms with van der Waals surface area (Å²) in [4.78, 5) is 0. The number of halogens is 1. The van der Waals surface area contributed by atoms with Gasteiger partial charge in [0.25, 0.3) is 0 Å². The molecule has 0 bridgehead atoms. The summed E-state index contributed by atoms with van der Waals surface area (Å²) in [5, 5.41) is 3.55. The lowest BCUT2D eigenvalue weighted by Gasteiger charge is -2.19. The van der Waals surface area contributed by atoms with Gasteiger partial charge >= 0.3 is 0 Å². The molecule has 0 radical (unpaired) electrons. The molecule has 2 rings (SSSR count). The van der Waals surface area contributed by atoms with Crippen LogP contribution in [0.5, 0.6) is 5.75 Å². The van der Waals surface area contributed by atoms with Gasteiger partial charge in [0.1, 0.15) is 5.75 Å². The van der Waals surface area contributed by atoms with Gasteiger partial charge in [0.05, 0.1) is 13.2 Å². The molecule has 2 aromatic carbocycles. The third-order valence-corrected chi connectivity index (χ3v) is 3.59. The molecule has 0 spiro atoms. The lowest BCUT2D eigenvalue weighted by Crippen LogP contribution is -2.09. The third-order valence-electron chi connectivity index (χ3n) is 3.09. The molecule has 2 nitrogen and oxygen atoms in total. The molecule has 0 aliphatic rings. The standard InChI is InChI=1S/C16H18BrNO/c1-3-16(12-7-9-15(19-2)10-8-12)18-14-6-4-5-13(17)11-14/h4-11,16,18H,3H2,1-2H3. The van der Waals surface area contributed by atoms with E-state index in [-0.39, 0.29) is 0 Å². The maximum absolute atomic E-state index is 5.19. The molecule has 1 N–H and O–H groups in total. The van der Waals surface area contributed by atoms with Crippen molar-refractivity contribution in [1.82, 2.24) is 0 Å².